The molecule has 15 heavy (non-hydrogen) atoms. The zero-order chi connectivity index (χ0) is 10.8. The number of nitrogens with one attached hydrogen (secondary N) is 2. The summed E-state index contributed by atoms with van der Waals surface area (Å²) in [6.45, 7) is 2.30. The molecule has 0 aromatic carbocycles. The number of aliphatic hydroxyl groups is 1. The van der Waals surface area contributed by atoms with Crippen LogP contribution < -0.4 is 10.6 Å². The molecule has 2 aliphatic heterocycles. The number of carbonyl (C=O) groups excluding carboxylic acids is 1. The molecule has 1 amide bonds. The van der Waals surface area contributed by atoms with Gasteiger partial charge in [0.25, 0.3) is 0 Å². The maximum absolute atomic E-state index is 11.8. The van der Waals surface area contributed by atoms with Gasteiger partial charge >= 0.3 is 0 Å². The van der Waals surface area contributed by atoms with Gasteiger partial charge in [0.05, 0.1) is 12.0 Å². The van der Waals surface area contributed by atoms with Gasteiger partial charge in [-0.3, -0.25) is 4.79 Å². The molecule has 4 unspecified atom stereocenters. The third-order valence-corrected chi connectivity index (χ3v) is 3.62. The summed E-state index contributed by atoms with van der Waals surface area (Å²) in [5.41, 5.74) is 0. The Morgan fingerprint density at radius 1 is 1.60 bits per heavy atom. The molecule has 2 saturated heterocycles. The lowest BCUT2D eigenvalue weighted by molar-refractivity contribution is -0.126. The van der Waals surface area contributed by atoms with Crippen LogP contribution in [0.4, 0.5) is 0 Å². The molecule has 0 aliphatic carbocycles. The first kappa shape index (κ1) is 10.9. The van der Waals surface area contributed by atoms with Crippen LogP contribution in [0.2, 0.25) is 0 Å². The van der Waals surface area contributed by atoms with Crippen LogP contribution in [0.5, 0.6) is 0 Å². The van der Waals surface area contributed by atoms with Gasteiger partial charge < -0.3 is 15.7 Å². The number of carbonyl (C=O) groups is 1. The first-order valence-corrected chi connectivity index (χ1v) is 5.92. The van der Waals surface area contributed by atoms with Crippen LogP contribution in [0.1, 0.15) is 32.6 Å². The molecular formula is C11H20N2O2. The highest BCUT2D eigenvalue weighted by Crippen LogP contribution is 2.33. The third kappa shape index (κ3) is 2.32. The highest BCUT2D eigenvalue weighted by molar-refractivity contribution is 5.80. The van der Waals surface area contributed by atoms with E-state index in [9.17, 15) is 9.90 Å². The quantitative estimate of drug-likeness (QED) is 0.615. The highest BCUT2D eigenvalue weighted by Gasteiger charge is 2.42. The number of hydrogen-bond donors (Lipinski definition) is 3. The Hall–Kier alpha value is -0.610. The van der Waals surface area contributed by atoms with E-state index in [-0.39, 0.29) is 11.8 Å². The van der Waals surface area contributed by atoms with Gasteiger partial charge in [-0.25, -0.2) is 0 Å². The van der Waals surface area contributed by atoms with Gasteiger partial charge in [-0.15, -0.1) is 0 Å². The van der Waals surface area contributed by atoms with Crippen molar-refractivity contribution < 1.29 is 9.90 Å². The van der Waals surface area contributed by atoms with Gasteiger partial charge in [0, 0.05) is 18.6 Å². The van der Waals surface area contributed by atoms with Crippen molar-refractivity contribution in [2.45, 2.75) is 50.8 Å². The van der Waals surface area contributed by atoms with E-state index < -0.39 is 6.10 Å². The van der Waals surface area contributed by atoms with Gasteiger partial charge in [0.1, 0.15) is 0 Å². The largest absolute Gasteiger partial charge is 0.391 e. The molecule has 2 rings (SSSR count). The minimum atomic E-state index is -0.402. The van der Waals surface area contributed by atoms with Crippen LogP contribution in [-0.4, -0.2) is 35.7 Å². The Labute approximate surface area is 90.4 Å². The second kappa shape index (κ2) is 4.49. The van der Waals surface area contributed by atoms with E-state index in [1.54, 1.807) is 0 Å². The van der Waals surface area contributed by atoms with E-state index in [1.807, 2.05) is 6.92 Å². The molecule has 2 fully saturated rings. The fraction of sp³-hybridized carbons (Fsp3) is 0.909. The van der Waals surface area contributed by atoms with Crippen LogP contribution in [0.25, 0.3) is 0 Å². The second-order valence-electron chi connectivity index (χ2n) is 4.70. The molecule has 2 bridgehead atoms. The van der Waals surface area contributed by atoms with Gasteiger partial charge in [-0.05, 0) is 25.7 Å². The van der Waals surface area contributed by atoms with E-state index >= 15 is 0 Å². The van der Waals surface area contributed by atoms with Crippen LogP contribution in [-0.2, 0) is 4.79 Å². The minimum absolute atomic E-state index is 0.113. The Kier molecular flexibility index (Phi) is 3.26. The molecule has 0 saturated carbocycles. The minimum Gasteiger partial charge on any atom is -0.391 e. The summed E-state index contributed by atoms with van der Waals surface area (Å²) in [6.07, 6.45) is 3.60. The second-order valence-corrected chi connectivity index (χ2v) is 4.70. The Morgan fingerprint density at radius 2 is 2.40 bits per heavy atom. The number of hydrogen-bond acceptors (Lipinski definition) is 3. The summed E-state index contributed by atoms with van der Waals surface area (Å²) < 4.78 is 0. The number of amides is 1. The first-order chi connectivity index (χ1) is 7.20. The monoisotopic (exact) mass is 212 g/mol. The third-order valence-electron chi connectivity index (χ3n) is 3.62. The summed E-state index contributed by atoms with van der Waals surface area (Å²) in [5, 5.41) is 15.6. The normalized spacial score (nSPS) is 35.5. The van der Waals surface area contributed by atoms with Crippen LogP contribution >= 0.6 is 0 Å². The standard InChI is InChI=1S/C11H20N2O2/c1-2-8(14)6-12-11(15)9-5-7-3-4-10(9)13-7/h7-10,13-14H,2-6H2,1H3,(H,12,15). The van der Waals surface area contributed by atoms with Crippen molar-refractivity contribution in [3.05, 3.63) is 0 Å². The molecule has 2 aliphatic rings. The summed E-state index contributed by atoms with van der Waals surface area (Å²) >= 11 is 0. The van der Waals surface area contributed by atoms with E-state index in [0.29, 0.717) is 25.0 Å². The fourth-order valence-electron chi connectivity index (χ4n) is 2.61. The first-order valence-electron chi connectivity index (χ1n) is 5.92. The Morgan fingerprint density at radius 3 is 2.93 bits per heavy atom. The van der Waals surface area contributed by atoms with Crippen LogP contribution in [0.15, 0.2) is 0 Å². The van der Waals surface area contributed by atoms with E-state index in [2.05, 4.69) is 10.6 Å². The Bertz CT molecular complexity index is 245. The molecule has 2 heterocycles. The predicted octanol–water partition coefficient (Wildman–Crippen LogP) is 0.0140. The molecule has 86 valence electrons. The molecule has 0 aromatic rings. The van der Waals surface area contributed by atoms with Crippen molar-refractivity contribution in [3.8, 4) is 0 Å². The van der Waals surface area contributed by atoms with E-state index in [1.165, 1.54) is 6.42 Å². The SMILES string of the molecule is CCC(O)CNC(=O)C1CC2CCC1N2. The lowest BCUT2D eigenvalue weighted by atomic mass is 9.88. The van der Waals surface area contributed by atoms with Gasteiger partial charge in [-0.2, -0.15) is 0 Å². The molecule has 0 spiro atoms. The van der Waals surface area contributed by atoms with Gasteiger partial charge in [0.15, 0.2) is 0 Å². The lowest BCUT2D eigenvalue weighted by Gasteiger charge is -2.20. The lowest BCUT2D eigenvalue weighted by Crippen LogP contribution is -2.40. The fourth-order valence-corrected chi connectivity index (χ4v) is 2.61. The topological polar surface area (TPSA) is 61.4 Å². The predicted molar refractivity (Wildman–Crippen MR) is 57.4 cm³/mol. The number of fused-ring (bicyclic) bond motifs is 2. The average molecular weight is 212 g/mol. The van der Waals surface area contributed by atoms with Crippen molar-refractivity contribution in [1.29, 1.82) is 0 Å². The summed E-state index contributed by atoms with van der Waals surface area (Å²) in [5.74, 6) is 0.245. The zero-order valence-electron chi connectivity index (χ0n) is 9.20. The maximum atomic E-state index is 11.8. The van der Waals surface area contributed by atoms with Crippen molar-refractivity contribution in [2.75, 3.05) is 6.54 Å². The Balaban J connectivity index is 1.77. The summed E-state index contributed by atoms with van der Waals surface area (Å²) in [7, 11) is 0. The number of rotatable bonds is 4. The van der Waals surface area contributed by atoms with Crippen molar-refractivity contribution in [2.24, 2.45) is 5.92 Å². The zero-order valence-corrected chi connectivity index (χ0v) is 9.20. The summed E-state index contributed by atoms with van der Waals surface area (Å²) in [6, 6.07) is 0.940. The maximum Gasteiger partial charge on any atom is 0.224 e. The highest BCUT2D eigenvalue weighted by atomic mass is 16.3. The molecule has 4 heteroatoms. The summed E-state index contributed by atoms with van der Waals surface area (Å²) in [4.78, 5) is 11.8. The van der Waals surface area contributed by atoms with Gasteiger partial charge in [-0.1, -0.05) is 6.92 Å². The van der Waals surface area contributed by atoms with Crippen molar-refractivity contribution >= 4 is 5.91 Å². The molecular weight excluding hydrogens is 192 g/mol. The number of aliphatic hydroxyl groups excluding tert-OH is 1. The van der Waals surface area contributed by atoms with Crippen molar-refractivity contribution in [3.63, 3.8) is 0 Å². The van der Waals surface area contributed by atoms with Gasteiger partial charge in [0.2, 0.25) is 5.91 Å². The van der Waals surface area contributed by atoms with Crippen LogP contribution in [0.3, 0.4) is 0 Å². The van der Waals surface area contributed by atoms with Crippen LogP contribution in [0, 0.1) is 5.92 Å². The molecule has 0 radical (unpaired) electrons. The van der Waals surface area contributed by atoms with Crippen molar-refractivity contribution in [1.82, 2.24) is 10.6 Å². The van der Waals surface area contributed by atoms with E-state index in [0.717, 1.165) is 12.8 Å². The molecule has 3 N–H and O–H groups in total. The molecule has 4 atom stereocenters. The molecule has 0 aromatic heterocycles. The van der Waals surface area contributed by atoms with E-state index in [4.69, 9.17) is 0 Å². The smallest absolute Gasteiger partial charge is 0.224 e. The molecule has 4 nitrogen and oxygen atoms in total. The average Bonchev–Trinajstić information content (AvgIpc) is 2.86.